The number of methoxy groups -OCH3 is 1. The van der Waals surface area contributed by atoms with E-state index in [1.54, 1.807) is 12.4 Å². The Morgan fingerprint density at radius 3 is 2.70 bits per heavy atom. The minimum Gasteiger partial charge on any atom is -0.381 e. The van der Waals surface area contributed by atoms with Gasteiger partial charge in [-0.1, -0.05) is 0 Å². The highest BCUT2D eigenvalue weighted by Crippen LogP contribution is 2.50. The fourth-order valence-corrected chi connectivity index (χ4v) is 3.62. The molecule has 3 rings (SSSR count). The summed E-state index contributed by atoms with van der Waals surface area (Å²) in [5, 5.41) is 0. The minimum absolute atomic E-state index is 0.124. The molecule has 2 heterocycles. The van der Waals surface area contributed by atoms with Crippen molar-refractivity contribution in [1.29, 1.82) is 0 Å². The lowest BCUT2D eigenvalue weighted by Crippen LogP contribution is -2.54. The zero-order valence-corrected chi connectivity index (χ0v) is 12.3. The number of pyridine rings is 1. The Morgan fingerprint density at radius 2 is 2.15 bits per heavy atom. The topological polar surface area (TPSA) is 42.4 Å². The van der Waals surface area contributed by atoms with Crippen LogP contribution in [0, 0.1) is 12.3 Å². The van der Waals surface area contributed by atoms with Crippen molar-refractivity contribution in [2.24, 2.45) is 5.41 Å². The fourth-order valence-electron chi connectivity index (χ4n) is 3.62. The van der Waals surface area contributed by atoms with Gasteiger partial charge in [0.2, 0.25) is 0 Å². The van der Waals surface area contributed by atoms with E-state index in [0.717, 1.165) is 37.1 Å². The molecule has 1 unspecified atom stereocenters. The van der Waals surface area contributed by atoms with Crippen molar-refractivity contribution in [3.63, 3.8) is 0 Å². The van der Waals surface area contributed by atoms with Crippen LogP contribution < -0.4 is 0 Å². The van der Waals surface area contributed by atoms with Gasteiger partial charge in [0, 0.05) is 38.0 Å². The number of aromatic nitrogens is 1. The van der Waals surface area contributed by atoms with Crippen LogP contribution in [-0.2, 0) is 4.74 Å². The van der Waals surface area contributed by atoms with Crippen LogP contribution >= 0.6 is 0 Å². The zero-order valence-electron chi connectivity index (χ0n) is 12.3. The monoisotopic (exact) mass is 274 g/mol. The highest BCUT2D eigenvalue weighted by atomic mass is 16.5. The average molecular weight is 274 g/mol. The van der Waals surface area contributed by atoms with Gasteiger partial charge in [-0.05, 0) is 44.2 Å². The van der Waals surface area contributed by atoms with Crippen molar-refractivity contribution < 1.29 is 9.53 Å². The molecular weight excluding hydrogens is 252 g/mol. The molecule has 0 N–H and O–H groups in total. The summed E-state index contributed by atoms with van der Waals surface area (Å²) in [5.74, 6) is 0.124. The maximum absolute atomic E-state index is 12.5. The second-order valence-corrected chi connectivity index (χ2v) is 6.11. The zero-order chi connectivity index (χ0) is 14.2. The van der Waals surface area contributed by atoms with Crippen molar-refractivity contribution >= 4 is 5.91 Å². The van der Waals surface area contributed by atoms with Crippen molar-refractivity contribution in [3.8, 4) is 0 Å². The minimum atomic E-state index is 0.124. The lowest BCUT2D eigenvalue weighted by molar-refractivity contribution is -0.116. The molecular formula is C16H22N2O2. The Labute approximate surface area is 120 Å². The number of carbonyl (C=O) groups excluding carboxylic acids is 1. The highest BCUT2D eigenvalue weighted by Gasteiger charge is 2.49. The van der Waals surface area contributed by atoms with Gasteiger partial charge in [0.1, 0.15) is 0 Å². The Balaban J connectivity index is 1.67. The van der Waals surface area contributed by atoms with E-state index in [0.29, 0.717) is 11.5 Å². The summed E-state index contributed by atoms with van der Waals surface area (Å²) in [6.07, 6.45) is 8.37. The Morgan fingerprint density at radius 1 is 1.40 bits per heavy atom. The molecule has 0 radical (unpaired) electrons. The number of likely N-dealkylation sites (tertiary alicyclic amines) is 1. The molecule has 0 bridgehead atoms. The van der Waals surface area contributed by atoms with E-state index < -0.39 is 0 Å². The number of carbonyl (C=O) groups is 1. The molecule has 1 saturated heterocycles. The molecule has 2 fully saturated rings. The second kappa shape index (κ2) is 5.17. The van der Waals surface area contributed by atoms with E-state index >= 15 is 0 Å². The van der Waals surface area contributed by atoms with Gasteiger partial charge >= 0.3 is 0 Å². The number of amides is 1. The molecule has 1 aromatic rings. The maximum Gasteiger partial charge on any atom is 0.255 e. The van der Waals surface area contributed by atoms with Crippen LogP contribution in [0.4, 0.5) is 0 Å². The van der Waals surface area contributed by atoms with Crippen LogP contribution in [0.5, 0.6) is 0 Å². The molecule has 1 aliphatic carbocycles. The molecule has 1 saturated carbocycles. The first-order chi connectivity index (χ1) is 9.66. The predicted octanol–water partition coefficient (Wildman–Crippen LogP) is 2.42. The Kier molecular flexibility index (Phi) is 3.50. The summed E-state index contributed by atoms with van der Waals surface area (Å²) in [6.45, 7) is 3.65. The molecule has 2 aliphatic rings. The number of nitrogens with zero attached hydrogens (tertiary/aromatic N) is 2. The molecule has 1 spiro atoms. The average Bonchev–Trinajstić information content (AvgIpc) is 2.47. The van der Waals surface area contributed by atoms with Crippen LogP contribution in [0.2, 0.25) is 0 Å². The van der Waals surface area contributed by atoms with Gasteiger partial charge in [0.25, 0.3) is 5.91 Å². The van der Waals surface area contributed by atoms with E-state index in [2.05, 4.69) is 4.98 Å². The summed E-state index contributed by atoms with van der Waals surface area (Å²) in [7, 11) is 1.81. The van der Waals surface area contributed by atoms with Crippen molar-refractivity contribution in [2.75, 3.05) is 20.2 Å². The third-order valence-electron chi connectivity index (χ3n) is 5.19. The standard InChI is InChI=1S/C16H22N2O2/c1-12-4-8-17-11-13(12)15(19)18-9-6-16(7-10-18)5-3-14(16)20-2/h4,8,11,14H,3,5-7,9-10H2,1-2H3. The molecule has 0 aromatic carbocycles. The largest absolute Gasteiger partial charge is 0.381 e. The number of hydrogen-bond acceptors (Lipinski definition) is 3. The van der Waals surface area contributed by atoms with Crippen molar-refractivity contribution in [2.45, 2.75) is 38.7 Å². The lowest BCUT2D eigenvalue weighted by Gasteiger charge is -2.53. The van der Waals surface area contributed by atoms with Crippen molar-refractivity contribution in [3.05, 3.63) is 29.6 Å². The smallest absolute Gasteiger partial charge is 0.255 e. The highest BCUT2D eigenvalue weighted by molar-refractivity contribution is 5.95. The van der Waals surface area contributed by atoms with Crippen LogP contribution in [0.15, 0.2) is 18.5 Å². The van der Waals surface area contributed by atoms with Crippen LogP contribution in [0.25, 0.3) is 0 Å². The van der Waals surface area contributed by atoms with E-state index in [-0.39, 0.29) is 5.91 Å². The van der Waals surface area contributed by atoms with Gasteiger partial charge in [0.15, 0.2) is 0 Å². The van der Waals surface area contributed by atoms with E-state index in [4.69, 9.17) is 4.74 Å². The summed E-state index contributed by atoms with van der Waals surface area (Å²) in [5.41, 5.74) is 2.08. The van der Waals surface area contributed by atoms with Gasteiger partial charge in [0.05, 0.1) is 11.7 Å². The molecule has 1 amide bonds. The Bertz CT molecular complexity index is 505. The fraction of sp³-hybridized carbons (Fsp3) is 0.625. The quantitative estimate of drug-likeness (QED) is 0.831. The van der Waals surface area contributed by atoms with E-state index in [9.17, 15) is 4.79 Å². The van der Waals surface area contributed by atoms with Gasteiger partial charge < -0.3 is 9.64 Å². The lowest BCUT2D eigenvalue weighted by atomic mass is 9.60. The third-order valence-corrected chi connectivity index (χ3v) is 5.19. The molecule has 1 atom stereocenters. The summed E-state index contributed by atoms with van der Waals surface area (Å²) in [4.78, 5) is 18.6. The van der Waals surface area contributed by atoms with Gasteiger partial charge in [-0.3, -0.25) is 9.78 Å². The van der Waals surface area contributed by atoms with Crippen molar-refractivity contribution in [1.82, 2.24) is 9.88 Å². The van der Waals surface area contributed by atoms with E-state index in [1.807, 2.05) is 25.0 Å². The number of hydrogen-bond donors (Lipinski definition) is 0. The van der Waals surface area contributed by atoms with E-state index in [1.165, 1.54) is 12.8 Å². The first-order valence-electron chi connectivity index (χ1n) is 7.39. The summed E-state index contributed by atoms with van der Waals surface area (Å²) >= 11 is 0. The first kappa shape index (κ1) is 13.6. The number of ether oxygens (including phenoxy) is 1. The number of aryl methyl sites for hydroxylation is 1. The van der Waals surface area contributed by atoms with Crippen LogP contribution in [-0.4, -0.2) is 42.1 Å². The molecule has 20 heavy (non-hydrogen) atoms. The predicted molar refractivity (Wildman–Crippen MR) is 76.6 cm³/mol. The second-order valence-electron chi connectivity index (χ2n) is 6.11. The third kappa shape index (κ3) is 2.12. The molecule has 4 nitrogen and oxygen atoms in total. The van der Waals surface area contributed by atoms with Crippen LogP contribution in [0.1, 0.15) is 41.6 Å². The SMILES string of the molecule is COC1CCC12CCN(C(=O)c1cnccc1C)CC2. The maximum atomic E-state index is 12.5. The molecule has 4 heteroatoms. The van der Waals surface area contributed by atoms with Gasteiger partial charge in [-0.25, -0.2) is 0 Å². The van der Waals surface area contributed by atoms with Crippen LogP contribution in [0.3, 0.4) is 0 Å². The molecule has 1 aliphatic heterocycles. The molecule has 108 valence electrons. The summed E-state index contributed by atoms with van der Waals surface area (Å²) < 4.78 is 5.57. The Hall–Kier alpha value is -1.42. The number of piperidine rings is 1. The number of rotatable bonds is 2. The summed E-state index contributed by atoms with van der Waals surface area (Å²) in [6, 6.07) is 1.89. The first-order valence-corrected chi connectivity index (χ1v) is 7.39. The molecule has 1 aromatic heterocycles. The van der Waals surface area contributed by atoms with Gasteiger partial charge in [-0.15, -0.1) is 0 Å². The normalized spacial score (nSPS) is 24.5. The van der Waals surface area contributed by atoms with Gasteiger partial charge in [-0.2, -0.15) is 0 Å².